The van der Waals surface area contributed by atoms with E-state index in [1.807, 2.05) is 0 Å². The highest BCUT2D eigenvalue weighted by atomic mass is 35.5. The fraction of sp³-hybridized carbons (Fsp3) is 0. The maximum atomic E-state index is 12.8. The van der Waals surface area contributed by atoms with Crippen molar-refractivity contribution in [3.05, 3.63) is 64.4 Å². The summed E-state index contributed by atoms with van der Waals surface area (Å²) in [5.41, 5.74) is 0.326. The van der Waals surface area contributed by atoms with Crippen molar-refractivity contribution in [3.63, 3.8) is 0 Å². The summed E-state index contributed by atoms with van der Waals surface area (Å²) in [4.78, 5) is 22.7. The molecular formula is C15H9ClFN2O3S-. The Labute approximate surface area is 141 Å². The minimum atomic E-state index is -1.37. The van der Waals surface area contributed by atoms with Crippen LogP contribution in [0.2, 0.25) is 5.02 Å². The Balaban J connectivity index is 2.07. The standard InChI is InChI=1S/C15H10ClFN2O3S/c16-11-6-3-9(14(21)22)7-12(11)18-15(23)19-13(20)8-1-4-10(17)5-2-8/h1-7H,(H,21,22)(H2,18,19,20,23)/p-1. The van der Waals surface area contributed by atoms with E-state index in [1.54, 1.807) is 0 Å². The third-order valence-electron chi connectivity index (χ3n) is 2.78. The van der Waals surface area contributed by atoms with Crippen LogP contribution < -0.4 is 15.7 Å². The number of halogens is 2. The fourth-order valence-corrected chi connectivity index (χ4v) is 2.05. The number of carbonyl (C=O) groups excluding carboxylic acids is 2. The SMILES string of the molecule is O=C([O-])c1ccc(Cl)c(NC(=S)NC(=O)c2ccc(F)cc2)c1. The molecule has 2 aromatic carbocycles. The molecule has 0 aliphatic rings. The van der Waals surface area contributed by atoms with Crippen molar-refractivity contribution in [1.29, 1.82) is 0 Å². The number of rotatable bonds is 3. The predicted molar refractivity (Wildman–Crippen MR) is 85.9 cm³/mol. The molecule has 0 atom stereocenters. The van der Waals surface area contributed by atoms with Crippen LogP contribution in [-0.4, -0.2) is 17.0 Å². The van der Waals surface area contributed by atoms with Gasteiger partial charge in [0.25, 0.3) is 5.91 Å². The summed E-state index contributed by atoms with van der Waals surface area (Å²) in [7, 11) is 0. The van der Waals surface area contributed by atoms with Crippen molar-refractivity contribution in [3.8, 4) is 0 Å². The molecule has 0 heterocycles. The second kappa shape index (κ2) is 7.17. The summed E-state index contributed by atoms with van der Waals surface area (Å²) < 4.78 is 12.8. The highest BCUT2D eigenvalue weighted by Crippen LogP contribution is 2.22. The zero-order valence-corrected chi connectivity index (χ0v) is 13.0. The molecule has 2 aromatic rings. The second-order valence-electron chi connectivity index (χ2n) is 4.40. The van der Waals surface area contributed by atoms with Gasteiger partial charge >= 0.3 is 0 Å². The van der Waals surface area contributed by atoms with E-state index in [4.69, 9.17) is 23.8 Å². The summed E-state index contributed by atoms with van der Waals surface area (Å²) in [6, 6.07) is 8.77. The highest BCUT2D eigenvalue weighted by molar-refractivity contribution is 7.80. The summed E-state index contributed by atoms with van der Waals surface area (Å²) in [5.74, 6) is -2.38. The molecule has 118 valence electrons. The van der Waals surface area contributed by atoms with Crippen molar-refractivity contribution in [2.45, 2.75) is 0 Å². The zero-order chi connectivity index (χ0) is 17.0. The maximum absolute atomic E-state index is 12.8. The van der Waals surface area contributed by atoms with Crippen LogP contribution in [0.5, 0.6) is 0 Å². The minimum Gasteiger partial charge on any atom is -0.545 e. The van der Waals surface area contributed by atoms with Crippen molar-refractivity contribution in [2.75, 3.05) is 5.32 Å². The molecule has 0 spiro atoms. The van der Waals surface area contributed by atoms with Gasteiger partial charge in [-0.25, -0.2) is 4.39 Å². The molecule has 5 nitrogen and oxygen atoms in total. The lowest BCUT2D eigenvalue weighted by Crippen LogP contribution is -2.34. The maximum Gasteiger partial charge on any atom is 0.257 e. The third-order valence-corrected chi connectivity index (χ3v) is 3.32. The van der Waals surface area contributed by atoms with Crippen LogP contribution in [0.25, 0.3) is 0 Å². The summed E-state index contributed by atoms with van der Waals surface area (Å²) in [6.45, 7) is 0. The number of thiocarbonyl (C=S) groups is 1. The topological polar surface area (TPSA) is 81.3 Å². The highest BCUT2D eigenvalue weighted by Gasteiger charge is 2.10. The molecule has 2 N–H and O–H groups in total. The molecule has 1 amide bonds. The van der Waals surface area contributed by atoms with Crippen molar-refractivity contribution >= 4 is 46.5 Å². The number of hydrogen-bond acceptors (Lipinski definition) is 4. The summed E-state index contributed by atoms with van der Waals surface area (Å²) in [6.07, 6.45) is 0. The number of carboxylic acid groups (broad SMARTS) is 1. The van der Waals surface area contributed by atoms with Crippen LogP contribution >= 0.6 is 23.8 Å². The van der Waals surface area contributed by atoms with E-state index in [0.717, 1.165) is 12.1 Å². The molecule has 2 rings (SSSR count). The number of amides is 1. The monoisotopic (exact) mass is 351 g/mol. The van der Waals surface area contributed by atoms with Crippen molar-refractivity contribution in [2.24, 2.45) is 0 Å². The van der Waals surface area contributed by atoms with Crippen LogP contribution in [-0.2, 0) is 0 Å². The third kappa shape index (κ3) is 4.48. The quantitative estimate of drug-likeness (QED) is 0.826. The molecule has 0 fully saturated rings. The number of anilines is 1. The first-order valence-corrected chi connectivity index (χ1v) is 7.04. The van der Waals surface area contributed by atoms with E-state index in [1.165, 1.54) is 30.3 Å². The van der Waals surface area contributed by atoms with Gasteiger partial charge in [-0.05, 0) is 54.2 Å². The Morgan fingerprint density at radius 3 is 2.30 bits per heavy atom. The molecule has 0 aromatic heterocycles. The molecule has 8 heteroatoms. The lowest BCUT2D eigenvalue weighted by atomic mass is 10.2. The van der Waals surface area contributed by atoms with Crippen LogP contribution in [0.15, 0.2) is 42.5 Å². The van der Waals surface area contributed by atoms with Gasteiger partial charge in [0.1, 0.15) is 5.82 Å². The Hall–Kier alpha value is -2.51. The van der Waals surface area contributed by atoms with Gasteiger partial charge in [-0.1, -0.05) is 17.7 Å². The molecule has 0 radical (unpaired) electrons. The van der Waals surface area contributed by atoms with Gasteiger partial charge in [-0.15, -0.1) is 0 Å². The van der Waals surface area contributed by atoms with Crippen LogP contribution in [0.1, 0.15) is 20.7 Å². The minimum absolute atomic E-state index is 0.0864. The van der Waals surface area contributed by atoms with Crippen LogP contribution in [0.4, 0.5) is 10.1 Å². The molecule has 0 aliphatic carbocycles. The fourth-order valence-electron chi connectivity index (χ4n) is 1.68. The van der Waals surface area contributed by atoms with E-state index in [9.17, 15) is 19.1 Å². The first-order valence-electron chi connectivity index (χ1n) is 6.25. The molecule has 0 aliphatic heterocycles. The van der Waals surface area contributed by atoms with Crippen molar-refractivity contribution in [1.82, 2.24) is 5.32 Å². The van der Waals surface area contributed by atoms with Gasteiger partial charge in [0.15, 0.2) is 5.11 Å². The van der Waals surface area contributed by atoms with Crippen LogP contribution in [0.3, 0.4) is 0 Å². The van der Waals surface area contributed by atoms with E-state index in [-0.39, 0.29) is 26.9 Å². The summed E-state index contributed by atoms with van der Waals surface area (Å²) in [5, 5.41) is 16.0. The van der Waals surface area contributed by atoms with Gasteiger partial charge in [-0.2, -0.15) is 0 Å². The number of hydrogen-bond donors (Lipinski definition) is 2. The van der Waals surface area contributed by atoms with E-state index >= 15 is 0 Å². The Morgan fingerprint density at radius 1 is 1.09 bits per heavy atom. The average Bonchev–Trinajstić information content (AvgIpc) is 2.49. The first kappa shape index (κ1) is 16.9. The van der Waals surface area contributed by atoms with Gasteiger partial charge < -0.3 is 15.2 Å². The normalized spacial score (nSPS) is 10.0. The number of aromatic carboxylic acids is 1. The Morgan fingerprint density at radius 2 is 1.70 bits per heavy atom. The van der Waals surface area contributed by atoms with Gasteiger partial charge in [-0.3, -0.25) is 10.1 Å². The molecule has 23 heavy (non-hydrogen) atoms. The van der Waals surface area contributed by atoms with Crippen LogP contribution in [0, 0.1) is 5.82 Å². The number of carbonyl (C=O) groups is 2. The van der Waals surface area contributed by atoms with Gasteiger partial charge in [0.2, 0.25) is 0 Å². The predicted octanol–water partition coefficient (Wildman–Crippen LogP) is 1.97. The number of carboxylic acids is 1. The largest absolute Gasteiger partial charge is 0.545 e. The lowest BCUT2D eigenvalue weighted by Gasteiger charge is -2.12. The molecular weight excluding hydrogens is 343 g/mol. The van der Waals surface area contributed by atoms with E-state index in [2.05, 4.69) is 10.6 Å². The lowest BCUT2D eigenvalue weighted by molar-refractivity contribution is -0.255. The molecule has 0 bridgehead atoms. The first-order chi connectivity index (χ1) is 10.9. The average molecular weight is 352 g/mol. The smallest absolute Gasteiger partial charge is 0.257 e. The zero-order valence-electron chi connectivity index (χ0n) is 11.4. The number of benzene rings is 2. The Kier molecular flexibility index (Phi) is 5.25. The van der Waals surface area contributed by atoms with E-state index in [0.29, 0.717) is 0 Å². The van der Waals surface area contributed by atoms with Gasteiger partial charge in [0, 0.05) is 5.56 Å². The molecule has 0 saturated carbocycles. The summed E-state index contributed by atoms with van der Waals surface area (Å²) >= 11 is 10.9. The van der Waals surface area contributed by atoms with Gasteiger partial charge in [0.05, 0.1) is 16.7 Å². The Bertz CT molecular complexity index is 781. The second-order valence-corrected chi connectivity index (χ2v) is 5.21. The molecule has 0 unspecified atom stereocenters. The number of nitrogens with one attached hydrogen (secondary N) is 2. The van der Waals surface area contributed by atoms with E-state index < -0.39 is 17.7 Å². The van der Waals surface area contributed by atoms with Crippen molar-refractivity contribution < 1.29 is 19.1 Å². The molecule has 0 saturated heterocycles.